The first-order valence-corrected chi connectivity index (χ1v) is 6.23. The van der Waals surface area contributed by atoms with Crippen molar-refractivity contribution in [1.29, 1.82) is 0 Å². The molecule has 2 aromatic rings. The first kappa shape index (κ1) is 11.5. The van der Waals surface area contributed by atoms with Crippen LogP contribution in [0.1, 0.15) is 24.3 Å². The van der Waals surface area contributed by atoms with Crippen molar-refractivity contribution < 1.29 is 9.21 Å². The molecule has 0 aliphatic heterocycles. The van der Waals surface area contributed by atoms with Gasteiger partial charge in [-0.15, -0.1) is 0 Å². The van der Waals surface area contributed by atoms with Crippen LogP contribution >= 0.6 is 11.6 Å². The molecule has 0 spiro atoms. The van der Waals surface area contributed by atoms with Crippen LogP contribution < -0.4 is 0 Å². The van der Waals surface area contributed by atoms with Gasteiger partial charge >= 0.3 is 0 Å². The number of nitrogens with zero attached hydrogens (tertiary/aromatic N) is 1. The van der Waals surface area contributed by atoms with Gasteiger partial charge in [-0.1, -0.05) is 11.6 Å². The van der Waals surface area contributed by atoms with Crippen LogP contribution in [-0.4, -0.2) is 11.3 Å². The van der Waals surface area contributed by atoms with Gasteiger partial charge < -0.3 is 9.21 Å². The fraction of sp³-hybridized carbons (Fsp3) is 0.286. The minimum absolute atomic E-state index is 0.391. The minimum atomic E-state index is -0.391. The molecular weight excluding hydrogens is 250 g/mol. The summed E-state index contributed by atoms with van der Waals surface area (Å²) < 4.78 is 5.66. The van der Waals surface area contributed by atoms with E-state index in [9.17, 15) is 4.79 Å². The highest BCUT2D eigenvalue weighted by Crippen LogP contribution is 2.47. The van der Waals surface area contributed by atoms with Gasteiger partial charge in [0, 0.05) is 10.6 Å². The van der Waals surface area contributed by atoms with E-state index in [1.165, 1.54) is 0 Å². The molecule has 0 unspecified atom stereocenters. The summed E-state index contributed by atoms with van der Waals surface area (Å²) in [5.41, 5.74) is 1.26. The van der Waals surface area contributed by atoms with E-state index < -0.39 is 5.41 Å². The third kappa shape index (κ3) is 1.75. The molecule has 1 aromatic carbocycles. The Morgan fingerprint density at radius 3 is 2.56 bits per heavy atom. The molecule has 1 heterocycles. The lowest BCUT2D eigenvalue weighted by Gasteiger charge is -2.01. The van der Waals surface area contributed by atoms with Crippen molar-refractivity contribution in [1.82, 2.24) is 4.98 Å². The van der Waals surface area contributed by atoms with Crippen LogP contribution in [0.25, 0.3) is 11.5 Å². The van der Waals surface area contributed by atoms with Crippen molar-refractivity contribution in [2.75, 3.05) is 0 Å². The number of aromatic nitrogens is 1. The summed E-state index contributed by atoms with van der Waals surface area (Å²) in [5.74, 6) is 1.27. The van der Waals surface area contributed by atoms with Gasteiger partial charge in [-0.25, -0.2) is 4.98 Å². The molecule has 92 valence electrons. The number of rotatable bonds is 3. The lowest BCUT2D eigenvalue weighted by molar-refractivity contribution is -0.110. The Morgan fingerprint density at radius 1 is 1.33 bits per heavy atom. The average Bonchev–Trinajstić information content (AvgIpc) is 3.08. The van der Waals surface area contributed by atoms with E-state index in [4.69, 9.17) is 16.0 Å². The fourth-order valence-corrected chi connectivity index (χ4v) is 2.25. The van der Waals surface area contributed by atoms with E-state index >= 15 is 0 Å². The predicted molar refractivity (Wildman–Crippen MR) is 68.7 cm³/mol. The van der Waals surface area contributed by atoms with Gasteiger partial charge in [0.15, 0.2) is 0 Å². The van der Waals surface area contributed by atoms with Crippen molar-refractivity contribution in [3.8, 4) is 11.5 Å². The quantitative estimate of drug-likeness (QED) is 0.794. The molecule has 18 heavy (non-hydrogen) atoms. The van der Waals surface area contributed by atoms with Gasteiger partial charge in [-0.05, 0) is 44.0 Å². The number of aryl methyl sites for hydroxylation is 1. The van der Waals surface area contributed by atoms with E-state index in [1.54, 1.807) is 12.1 Å². The molecule has 1 saturated carbocycles. The SMILES string of the molecule is Cc1oc(-c2ccc(Cl)cc2)nc1C1(C=O)CC1. The van der Waals surface area contributed by atoms with Gasteiger partial charge in [0.05, 0.1) is 11.1 Å². The summed E-state index contributed by atoms with van der Waals surface area (Å²) >= 11 is 5.84. The van der Waals surface area contributed by atoms with Gasteiger partial charge in [-0.3, -0.25) is 0 Å². The Hall–Kier alpha value is -1.61. The average molecular weight is 262 g/mol. The van der Waals surface area contributed by atoms with Crippen LogP contribution in [0.3, 0.4) is 0 Å². The molecule has 1 aromatic heterocycles. The van der Waals surface area contributed by atoms with Crippen LogP contribution in [0, 0.1) is 6.92 Å². The van der Waals surface area contributed by atoms with Crippen molar-refractivity contribution >= 4 is 17.9 Å². The molecule has 1 fully saturated rings. The van der Waals surface area contributed by atoms with Crippen molar-refractivity contribution in [2.45, 2.75) is 25.2 Å². The summed E-state index contributed by atoms with van der Waals surface area (Å²) in [4.78, 5) is 15.6. The van der Waals surface area contributed by atoms with Crippen LogP contribution in [0.5, 0.6) is 0 Å². The largest absolute Gasteiger partial charge is 0.441 e. The van der Waals surface area contributed by atoms with E-state index in [2.05, 4.69) is 4.98 Å². The lowest BCUT2D eigenvalue weighted by Crippen LogP contribution is -2.09. The number of carbonyl (C=O) groups is 1. The van der Waals surface area contributed by atoms with Crippen molar-refractivity contribution in [3.63, 3.8) is 0 Å². The molecule has 3 nitrogen and oxygen atoms in total. The van der Waals surface area contributed by atoms with E-state index in [-0.39, 0.29) is 0 Å². The Kier molecular flexibility index (Phi) is 2.52. The van der Waals surface area contributed by atoms with Gasteiger partial charge in [0.25, 0.3) is 0 Å². The molecule has 0 saturated heterocycles. The summed E-state index contributed by atoms with van der Waals surface area (Å²) in [6.07, 6.45) is 2.72. The zero-order valence-corrected chi connectivity index (χ0v) is 10.7. The first-order valence-electron chi connectivity index (χ1n) is 5.85. The highest BCUT2D eigenvalue weighted by atomic mass is 35.5. The molecule has 1 aliphatic carbocycles. The Bertz CT molecular complexity index is 597. The van der Waals surface area contributed by atoms with Gasteiger partial charge in [0.2, 0.25) is 5.89 Å². The van der Waals surface area contributed by atoms with E-state index in [0.29, 0.717) is 10.9 Å². The van der Waals surface area contributed by atoms with E-state index in [1.807, 2.05) is 19.1 Å². The maximum absolute atomic E-state index is 11.1. The number of oxazole rings is 1. The monoisotopic (exact) mass is 261 g/mol. The van der Waals surface area contributed by atoms with Crippen molar-refractivity contribution in [3.05, 3.63) is 40.7 Å². The molecule has 3 rings (SSSR count). The maximum atomic E-state index is 11.1. The number of halogens is 1. The summed E-state index contributed by atoms with van der Waals surface area (Å²) in [7, 11) is 0. The third-order valence-electron chi connectivity index (χ3n) is 3.37. The van der Waals surface area contributed by atoms with Crippen LogP contribution in [0.4, 0.5) is 0 Å². The topological polar surface area (TPSA) is 43.1 Å². The normalized spacial score (nSPS) is 16.6. The highest BCUT2D eigenvalue weighted by Gasteiger charge is 2.48. The minimum Gasteiger partial charge on any atom is -0.441 e. The number of benzene rings is 1. The molecule has 0 radical (unpaired) electrons. The van der Waals surface area contributed by atoms with Crippen LogP contribution in [0.2, 0.25) is 5.02 Å². The molecule has 0 atom stereocenters. The Balaban J connectivity index is 2.02. The Morgan fingerprint density at radius 2 is 2.00 bits per heavy atom. The standard InChI is InChI=1S/C14H12ClNO2/c1-9-12(14(8-17)6-7-14)16-13(18-9)10-2-4-11(15)5-3-10/h2-5,8H,6-7H2,1H3. The third-order valence-corrected chi connectivity index (χ3v) is 3.63. The van der Waals surface area contributed by atoms with Crippen LogP contribution in [-0.2, 0) is 10.2 Å². The molecule has 0 bridgehead atoms. The zero-order valence-electron chi connectivity index (χ0n) is 9.94. The number of hydrogen-bond donors (Lipinski definition) is 0. The van der Waals surface area contributed by atoms with Crippen molar-refractivity contribution in [2.24, 2.45) is 0 Å². The maximum Gasteiger partial charge on any atom is 0.226 e. The molecule has 1 aliphatic rings. The second-order valence-electron chi connectivity index (χ2n) is 4.70. The van der Waals surface area contributed by atoms with E-state index in [0.717, 1.165) is 36.1 Å². The van der Waals surface area contributed by atoms with Gasteiger partial charge in [-0.2, -0.15) is 0 Å². The zero-order chi connectivity index (χ0) is 12.8. The summed E-state index contributed by atoms with van der Waals surface area (Å²) in [6.45, 7) is 1.85. The fourth-order valence-electron chi connectivity index (χ4n) is 2.12. The molecule has 4 heteroatoms. The number of carbonyl (C=O) groups excluding carboxylic acids is 1. The lowest BCUT2D eigenvalue weighted by atomic mass is 10.0. The summed E-state index contributed by atoms with van der Waals surface area (Å²) in [5, 5.41) is 0.675. The first-order chi connectivity index (χ1) is 8.64. The molecule has 0 amide bonds. The highest BCUT2D eigenvalue weighted by molar-refractivity contribution is 6.30. The second kappa shape index (κ2) is 3.95. The molecular formula is C14H12ClNO2. The smallest absolute Gasteiger partial charge is 0.226 e. The van der Waals surface area contributed by atoms with Gasteiger partial charge in [0.1, 0.15) is 12.0 Å². The predicted octanol–water partition coefficient (Wildman–Crippen LogP) is 3.53. The summed E-state index contributed by atoms with van der Waals surface area (Å²) in [6, 6.07) is 7.31. The second-order valence-corrected chi connectivity index (χ2v) is 5.14. The number of hydrogen-bond acceptors (Lipinski definition) is 3. The Labute approximate surface area is 110 Å². The molecule has 0 N–H and O–H groups in total. The number of aldehydes is 1. The van der Waals surface area contributed by atoms with Crippen LogP contribution in [0.15, 0.2) is 28.7 Å².